The molecule has 28 heavy (non-hydrogen) atoms. The summed E-state index contributed by atoms with van der Waals surface area (Å²) in [6.07, 6.45) is -0.933. The monoisotopic (exact) mass is 392 g/mol. The van der Waals surface area contributed by atoms with Gasteiger partial charge in [-0.3, -0.25) is 9.69 Å². The smallest absolute Gasteiger partial charge is 0.406 e. The zero-order valence-corrected chi connectivity index (χ0v) is 15.5. The predicted octanol–water partition coefficient (Wildman–Crippen LogP) is 4.50. The largest absolute Gasteiger partial charge is 0.573 e. The lowest BCUT2D eigenvalue weighted by atomic mass is 10.1. The van der Waals surface area contributed by atoms with Gasteiger partial charge in [-0.25, -0.2) is 0 Å². The maximum atomic E-state index is 12.3. The summed E-state index contributed by atoms with van der Waals surface area (Å²) in [6.45, 7) is 3.36. The average Bonchev–Trinajstić information content (AvgIpc) is 2.67. The molecule has 0 unspecified atom stereocenters. The van der Waals surface area contributed by atoms with Crippen molar-refractivity contribution in [1.82, 2.24) is 10.2 Å². The van der Waals surface area contributed by atoms with Gasteiger partial charge in [-0.15, -0.1) is 13.2 Å². The summed E-state index contributed by atoms with van der Waals surface area (Å²) in [6, 6.07) is 13.0. The van der Waals surface area contributed by atoms with E-state index in [-0.39, 0.29) is 18.2 Å². The van der Waals surface area contributed by atoms with Crippen LogP contribution in [0.25, 0.3) is 0 Å². The van der Waals surface area contributed by atoms with E-state index in [0.717, 1.165) is 19.6 Å². The molecule has 0 aromatic heterocycles. The van der Waals surface area contributed by atoms with Crippen molar-refractivity contribution in [2.45, 2.75) is 38.7 Å². The molecule has 1 amide bonds. The number of halogens is 3. The minimum atomic E-state index is -4.71. The first-order chi connectivity index (χ1) is 13.4. The number of hydrogen-bond acceptors (Lipinski definition) is 3. The van der Waals surface area contributed by atoms with Crippen LogP contribution in [0.2, 0.25) is 0 Å². The molecule has 4 nitrogen and oxygen atoms in total. The second-order valence-corrected chi connectivity index (χ2v) is 6.91. The van der Waals surface area contributed by atoms with Gasteiger partial charge in [-0.05, 0) is 61.3 Å². The molecule has 1 N–H and O–H groups in total. The number of amides is 1. The molecule has 7 heteroatoms. The zero-order chi connectivity index (χ0) is 20.0. The van der Waals surface area contributed by atoms with Crippen LogP contribution in [0, 0.1) is 0 Å². The topological polar surface area (TPSA) is 41.6 Å². The normalized spacial score (nSPS) is 15.2. The van der Waals surface area contributed by atoms with Crippen LogP contribution >= 0.6 is 0 Å². The molecule has 0 radical (unpaired) electrons. The second kappa shape index (κ2) is 9.10. The molecule has 0 saturated carbocycles. The number of benzene rings is 2. The molecule has 0 bridgehead atoms. The summed E-state index contributed by atoms with van der Waals surface area (Å²) < 4.78 is 40.3. The van der Waals surface area contributed by atoms with Crippen LogP contribution in [0.4, 0.5) is 13.2 Å². The molecule has 0 aliphatic carbocycles. The maximum Gasteiger partial charge on any atom is 0.573 e. The molecule has 1 aliphatic heterocycles. The molecule has 2 aromatic carbocycles. The predicted molar refractivity (Wildman–Crippen MR) is 99.9 cm³/mol. The first kappa shape index (κ1) is 20.2. The summed E-state index contributed by atoms with van der Waals surface area (Å²) in [5, 5.41) is 2.77. The van der Waals surface area contributed by atoms with E-state index in [2.05, 4.69) is 15.0 Å². The van der Waals surface area contributed by atoms with Crippen molar-refractivity contribution in [2.75, 3.05) is 13.1 Å². The van der Waals surface area contributed by atoms with Gasteiger partial charge in [-0.1, -0.05) is 30.7 Å². The van der Waals surface area contributed by atoms with Crippen molar-refractivity contribution in [3.8, 4) is 5.75 Å². The third kappa shape index (κ3) is 6.27. The van der Waals surface area contributed by atoms with E-state index in [0.29, 0.717) is 11.1 Å². The number of alkyl halides is 3. The fraction of sp³-hybridized carbons (Fsp3) is 0.381. The van der Waals surface area contributed by atoms with Crippen LogP contribution in [-0.2, 0) is 13.1 Å². The molecule has 0 spiro atoms. The average molecular weight is 392 g/mol. The van der Waals surface area contributed by atoms with Crippen molar-refractivity contribution >= 4 is 5.91 Å². The van der Waals surface area contributed by atoms with Crippen LogP contribution < -0.4 is 10.1 Å². The summed E-state index contributed by atoms with van der Waals surface area (Å²) in [5.41, 5.74) is 2.42. The number of rotatable bonds is 6. The number of carbonyl (C=O) groups is 1. The second-order valence-electron chi connectivity index (χ2n) is 6.91. The maximum absolute atomic E-state index is 12.3. The van der Waals surface area contributed by atoms with Crippen molar-refractivity contribution < 1.29 is 22.7 Å². The molecule has 1 heterocycles. The Morgan fingerprint density at radius 1 is 0.929 bits per heavy atom. The third-order valence-corrected chi connectivity index (χ3v) is 4.68. The van der Waals surface area contributed by atoms with E-state index >= 15 is 0 Å². The summed E-state index contributed by atoms with van der Waals surface area (Å²) in [7, 11) is 0. The van der Waals surface area contributed by atoms with Crippen LogP contribution in [0.3, 0.4) is 0 Å². The van der Waals surface area contributed by atoms with E-state index in [9.17, 15) is 18.0 Å². The van der Waals surface area contributed by atoms with Gasteiger partial charge in [0.2, 0.25) is 0 Å². The number of piperidine rings is 1. The number of nitrogens with one attached hydrogen (secondary N) is 1. The van der Waals surface area contributed by atoms with Gasteiger partial charge < -0.3 is 10.1 Å². The molecule has 1 saturated heterocycles. The van der Waals surface area contributed by atoms with Gasteiger partial charge in [0.05, 0.1) is 0 Å². The van der Waals surface area contributed by atoms with Gasteiger partial charge >= 0.3 is 6.36 Å². The quantitative estimate of drug-likeness (QED) is 0.787. The van der Waals surface area contributed by atoms with Gasteiger partial charge in [-0.2, -0.15) is 0 Å². The number of hydrogen-bond donors (Lipinski definition) is 1. The minimum Gasteiger partial charge on any atom is -0.406 e. The molecular weight excluding hydrogens is 369 g/mol. The third-order valence-electron chi connectivity index (χ3n) is 4.68. The number of ether oxygens (including phenoxy) is 1. The van der Waals surface area contributed by atoms with E-state index < -0.39 is 6.36 Å². The minimum absolute atomic E-state index is 0.222. The number of carbonyl (C=O) groups excluding carboxylic acids is 1. The lowest BCUT2D eigenvalue weighted by Crippen LogP contribution is -2.29. The lowest BCUT2D eigenvalue weighted by Gasteiger charge is -2.26. The first-order valence-corrected chi connectivity index (χ1v) is 9.33. The molecule has 2 aromatic rings. The summed E-state index contributed by atoms with van der Waals surface area (Å²) >= 11 is 0. The van der Waals surface area contributed by atoms with E-state index in [1.807, 2.05) is 12.1 Å². The van der Waals surface area contributed by atoms with E-state index in [4.69, 9.17) is 0 Å². The molecule has 150 valence electrons. The molecule has 3 rings (SSSR count). The Morgan fingerprint density at radius 3 is 2.14 bits per heavy atom. The SMILES string of the molecule is O=C(NCc1ccc(OC(F)(F)F)cc1)c1ccc(CN2CCCCC2)cc1. The van der Waals surface area contributed by atoms with Gasteiger partial charge in [0.15, 0.2) is 0 Å². The Labute approximate surface area is 162 Å². The fourth-order valence-electron chi connectivity index (χ4n) is 3.23. The van der Waals surface area contributed by atoms with Crippen molar-refractivity contribution in [2.24, 2.45) is 0 Å². The number of likely N-dealkylation sites (tertiary alicyclic amines) is 1. The summed E-state index contributed by atoms with van der Waals surface area (Å²) in [4.78, 5) is 14.7. The molecular formula is C21H23F3N2O2. The number of nitrogens with zero attached hydrogens (tertiary/aromatic N) is 1. The molecule has 1 aliphatic rings. The van der Waals surface area contributed by atoms with Crippen LogP contribution in [0.1, 0.15) is 40.7 Å². The molecule has 1 fully saturated rings. The van der Waals surface area contributed by atoms with Gasteiger partial charge in [0.1, 0.15) is 5.75 Å². The first-order valence-electron chi connectivity index (χ1n) is 9.33. The highest BCUT2D eigenvalue weighted by Crippen LogP contribution is 2.22. The van der Waals surface area contributed by atoms with Crippen molar-refractivity contribution in [3.05, 3.63) is 65.2 Å². The van der Waals surface area contributed by atoms with E-state index in [1.165, 1.54) is 49.1 Å². The van der Waals surface area contributed by atoms with Crippen LogP contribution in [0.15, 0.2) is 48.5 Å². The highest BCUT2D eigenvalue weighted by molar-refractivity contribution is 5.94. The highest BCUT2D eigenvalue weighted by atomic mass is 19.4. The Hall–Kier alpha value is -2.54. The Kier molecular flexibility index (Phi) is 6.57. The zero-order valence-electron chi connectivity index (χ0n) is 15.5. The van der Waals surface area contributed by atoms with Crippen molar-refractivity contribution in [3.63, 3.8) is 0 Å². The van der Waals surface area contributed by atoms with E-state index in [1.54, 1.807) is 12.1 Å². The van der Waals surface area contributed by atoms with Gasteiger partial charge in [0, 0.05) is 18.7 Å². The Bertz CT molecular complexity index is 768. The molecule has 0 atom stereocenters. The standard InChI is InChI=1S/C21H23F3N2O2/c22-21(23,24)28-19-10-6-16(7-11-19)14-25-20(27)18-8-4-17(5-9-18)15-26-12-2-1-3-13-26/h4-11H,1-3,12-15H2,(H,25,27). The summed E-state index contributed by atoms with van der Waals surface area (Å²) in [5.74, 6) is -0.507. The van der Waals surface area contributed by atoms with Crippen molar-refractivity contribution in [1.29, 1.82) is 0 Å². The van der Waals surface area contributed by atoms with Crippen LogP contribution in [0.5, 0.6) is 5.75 Å². The Balaban J connectivity index is 1.49. The Morgan fingerprint density at radius 2 is 1.54 bits per heavy atom. The van der Waals surface area contributed by atoms with Gasteiger partial charge in [0.25, 0.3) is 5.91 Å². The highest BCUT2D eigenvalue weighted by Gasteiger charge is 2.30. The lowest BCUT2D eigenvalue weighted by molar-refractivity contribution is -0.274. The van der Waals surface area contributed by atoms with Crippen LogP contribution in [-0.4, -0.2) is 30.3 Å². The fourth-order valence-corrected chi connectivity index (χ4v) is 3.23.